The van der Waals surface area contributed by atoms with Crippen LogP contribution in [-0.2, 0) is 15.2 Å². The number of ether oxygens (including phenoxy) is 2. The molecule has 2 atom stereocenters. The van der Waals surface area contributed by atoms with Gasteiger partial charge in [-0.15, -0.1) is 0 Å². The number of benzene rings is 1. The van der Waals surface area contributed by atoms with Crippen LogP contribution in [0.15, 0.2) is 48.8 Å². The molecule has 0 aliphatic carbocycles. The molecule has 2 aromatic rings. The second kappa shape index (κ2) is 8.90. The van der Waals surface area contributed by atoms with Gasteiger partial charge in [0, 0.05) is 31.7 Å². The first-order valence-corrected chi connectivity index (χ1v) is 8.98. The first-order chi connectivity index (χ1) is 13.2. The van der Waals surface area contributed by atoms with Crippen molar-refractivity contribution in [2.75, 3.05) is 32.1 Å². The van der Waals surface area contributed by atoms with E-state index in [0.717, 1.165) is 13.0 Å². The van der Waals surface area contributed by atoms with E-state index in [-0.39, 0.29) is 6.03 Å². The number of amides is 2. The fraction of sp³-hybridized carbons (Fsp3) is 0.421. The van der Waals surface area contributed by atoms with Crippen molar-refractivity contribution in [1.82, 2.24) is 20.2 Å². The molecule has 2 heterocycles. The first-order valence-electron chi connectivity index (χ1n) is 8.98. The Morgan fingerprint density at radius 1 is 1.26 bits per heavy atom. The first kappa shape index (κ1) is 19.2. The van der Waals surface area contributed by atoms with Gasteiger partial charge in [0.1, 0.15) is 0 Å². The second-order valence-corrected chi connectivity index (χ2v) is 6.26. The summed E-state index contributed by atoms with van der Waals surface area (Å²) >= 11 is 0. The van der Waals surface area contributed by atoms with Gasteiger partial charge in [0.25, 0.3) is 0 Å². The lowest BCUT2D eigenvalue weighted by atomic mass is 10.1. The maximum atomic E-state index is 13.2. The lowest BCUT2D eigenvalue weighted by Crippen LogP contribution is -2.58. The molecule has 3 rings (SSSR count). The molecule has 0 bridgehead atoms. The Morgan fingerprint density at radius 2 is 2.00 bits per heavy atom. The summed E-state index contributed by atoms with van der Waals surface area (Å²) in [5.74, 6) is 0.409. The average molecular weight is 371 g/mol. The molecule has 2 N–H and O–H groups in total. The Bertz CT molecular complexity index is 731. The fourth-order valence-corrected chi connectivity index (χ4v) is 3.06. The third kappa shape index (κ3) is 4.41. The Kier molecular flexibility index (Phi) is 6.33. The minimum absolute atomic E-state index is 0.277. The van der Waals surface area contributed by atoms with E-state index in [1.54, 1.807) is 37.4 Å². The number of aromatic nitrogens is 2. The van der Waals surface area contributed by atoms with Crippen molar-refractivity contribution in [3.05, 3.63) is 54.6 Å². The molecule has 2 amide bonds. The summed E-state index contributed by atoms with van der Waals surface area (Å²) in [6.45, 7) is 3.38. The highest BCUT2D eigenvalue weighted by Gasteiger charge is 2.47. The van der Waals surface area contributed by atoms with Gasteiger partial charge in [-0.2, -0.15) is 0 Å². The van der Waals surface area contributed by atoms with E-state index < -0.39 is 12.0 Å². The lowest BCUT2D eigenvalue weighted by Gasteiger charge is -2.41. The monoisotopic (exact) mass is 371 g/mol. The quantitative estimate of drug-likeness (QED) is 0.783. The van der Waals surface area contributed by atoms with Gasteiger partial charge in [-0.3, -0.25) is 4.90 Å². The molecule has 8 nitrogen and oxygen atoms in total. The van der Waals surface area contributed by atoms with Crippen molar-refractivity contribution in [2.24, 2.45) is 0 Å². The van der Waals surface area contributed by atoms with Crippen LogP contribution in [0.25, 0.3) is 0 Å². The zero-order valence-electron chi connectivity index (χ0n) is 15.6. The van der Waals surface area contributed by atoms with Gasteiger partial charge in [-0.1, -0.05) is 18.2 Å². The van der Waals surface area contributed by atoms with E-state index >= 15 is 0 Å². The molecule has 1 aliphatic heterocycles. The molecule has 0 radical (unpaired) electrons. The van der Waals surface area contributed by atoms with Crippen LogP contribution < -0.4 is 10.6 Å². The van der Waals surface area contributed by atoms with Crippen molar-refractivity contribution in [3.63, 3.8) is 0 Å². The Hall–Kier alpha value is -2.55. The molecule has 0 spiro atoms. The Labute approximate surface area is 158 Å². The highest BCUT2D eigenvalue weighted by Crippen LogP contribution is 2.31. The lowest BCUT2D eigenvalue weighted by molar-refractivity contribution is -0.240. The van der Waals surface area contributed by atoms with Gasteiger partial charge in [0.15, 0.2) is 12.1 Å². The topological polar surface area (TPSA) is 88.6 Å². The Morgan fingerprint density at radius 3 is 2.70 bits per heavy atom. The average Bonchev–Trinajstić information content (AvgIpc) is 2.92. The number of anilines is 1. The van der Waals surface area contributed by atoms with Crippen LogP contribution >= 0.6 is 0 Å². The van der Waals surface area contributed by atoms with Crippen LogP contribution in [0.2, 0.25) is 0 Å². The molecular formula is C19H25N5O3. The van der Waals surface area contributed by atoms with Crippen LogP contribution in [0.4, 0.5) is 10.5 Å². The van der Waals surface area contributed by atoms with E-state index in [2.05, 4.69) is 20.6 Å². The zero-order chi connectivity index (χ0) is 19.1. The summed E-state index contributed by atoms with van der Waals surface area (Å²) in [5, 5.41) is 6.27. The van der Waals surface area contributed by atoms with Crippen LogP contribution in [-0.4, -0.2) is 53.9 Å². The largest absolute Gasteiger partial charge is 0.356 e. The van der Waals surface area contributed by atoms with E-state index in [4.69, 9.17) is 9.47 Å². The number of hydrogen-bond acceptors (Lipinski definition) is 6. The summed E-state index contributed by atoms with van der Waals surface area (Å²) in [6, 6.07) is 10.8. The molecule has 8 heteroatoms. The number of carbonyl (C=O) groups excluding carboxylic acids is 1. The number of carbonyl (C=O) groups is 1. The van der Waals surface area contributed by atoms with Crippen LogP contribution in [0.3, 0.4) is 0 Å². The van der Waals surface area contributed by atoms with Crippen molar-refractivity contribution < 1.29 is 14.3 Å². The standard InChI is InChI=1S/C19H25N5O3/c1-15(26-2)27-19(17-21-11-6-12-22-17)14-20-10-7-13-24(19)18(25)23-16-8-4-3-5-9-16/h3-6,8-9,11-12,15,20H,7,10,13-14H2,1-2H3,(H,23,25). The highest BCUT2D eigenvalue weighted by atomic mass is 16.7. The predicted molar refractivity (Wildman–Crippen MR) is 101 cm³/mol. The van der Waals surface area contributed by atoms with Gasteiger partial charge in [-0.05, 0) is 38.1 Å². The van der Waals surface area contributed by atoms with E-state index in [1.165, 1.54) is 0 Å². The van der Waals surface area contributed by atoms with Gasteiger partial charge >= 0.3 is 6.03 Å². The minimum atomic E-state index is -1.19. The Balaban J connectivity index is 1.98. The third-order valence-electron chi connectivity index (χ3n) is 4.41. The maximum absolute atomic E-state index is 13.2. The van der Waals surface area contributed by atoms with E-state index in [0.29, 0.717) is 24.6 Å². The summed E-state index contributed by atoms with van der Waals surface area (Å²) in [7, 11) is 1.56. The number of nitrogens with one attached hydrogen (secondary N) is 2. The molecule has 1 fully saturated rings. The molecule has 1 aromatic heterocycles. The molecule has 1 aliphatic rings. The smallest absolute Gasteiger partial charge is 0.324 e. The summed E-state index contributed by atoms with van der Waals surface area (Å²) in [5.41, 5.74) is -0.478. The molecule has 27 heavy (non-hydrogen) atoms. The van der Waals surface area contributed by atoms with Crippen LogP contribution in [0, 0.1) is 0 Å². The zero-order valence-corrected chi connectivity index (χ0v) is 15.6. The number of hydrogen-bond donors (Lipinski definition) is 2. The third-order valence-corrected chi connectivity index (χ3v) is 4.41. The molecule has 2 unspecified atom stereocenters. The molecule has 0 saturated carbocycles. The van der Waals surface area contributed by atoms with Crippen LogP contribution in [0.5, 0.6) is 0 Å². The van der Waals surface area contributed by atoms with E-state index in [9.17, 15) is 4.79 Å². The number of nitrogens with zero attached hydrogens (tertiary/aromatic N) is 3. The number of rotatable bonds is 5. The summed E-state index contributed by atoms with van der Waals surface area (Å²) in [4.78, 5) is 23.6. The van der Waals surface area contributed by atoms with Crippen molar-refractivity contribution in [3.8, 4) is 0 Å². The normalized spacial score (nSPS) is 21.3. The molecule has 144 valence electrons. The number of methoxy groups -OCH3 is 1. The highest BCUT2D eigenvalue weighted by molar-refractivity contribution is 5.89. The number of urea groups is 1. The van der Waals surface area contributed by atoms with Gasteiger partial charge < -0.3 is 20.1 Å². The summed E-state index contributed by atoms with van der Waals surface area (Å²) in [6.07, 6.45) is 3.51. The van der Waals surface area contributed by atoms with Gasteiger partial charge in [-0.25, -0.2) is 14.8 Å². The predicted octanol–water partition coefficient (Wildman–Crippen LogP) is 2.17. The minimum Gasteiger partial charge on any atom is -0.356 e. The molecule has 1 saturated heterocycles. The van der Waals surface area contributed by atoms with Gasteiger partial charge in [0.05, 0.1) is 6.54 Å². The fourth-order valence-electron chi connectivity index (χ4n) is 3.06. The van der Waals surface area contributed by atoms with E-state index in [1.807, 2.05) is 30.3 Å². The molecular weight excluding hydrogens is 346 g/mol. The van der Waals surface area contributed by atoms with Crippen molar-refractivity contribution >= 4 is 11.7 Å². The van der Waals surface area contributed by atoms with Crippen molar-refractivity contribution in [2.45, 2.75) is 25.4 Å². The molecule has 1 aromatic carbocycles. The summed E-state index contributed by atoms with van der Waals surface area (Å²) < 4.78 is 11.5. The SMILES string of the molecule is COC(C)OC1(c2ncccn2)CNCCCN1C(=O)Nc1ccccc1. The maximum Gasteiger partial charge on any atom is 0.324 e. The van der Waals surface area contributed by atoms with Crippen LogP contribution in [0.1, 0.15) is 19.2 Å². The number of para-hydroxylation sites is 1. The van der Waals surface area contributed by atoms with Gasteiger partial charge in [0.2, 0.25) is 5.72 Å². The second-order valence-electron chi connectivity index (χ2n) is 6.26. The van der Waals surface area contributed by atoms with Crippen molar-refractivity contribution in [1.29, 1.82) is 0 Å².